The number of benzene rings is 2. The lowest BCUT2D eigenvalue weighted by Crippen LogP contribution is -2.06. The van der Waals surface area contributed by atoms with Crippen molar-refractivity contribution < 1.29 is 4.74 Å². The van der Waals surface area contributed by atoms with Gasteiger partial charge in [-0.25, -0.2) is 14.8 Å². The van der Waals surface area contributed by atoms with Crippen LogP contribution in [0.2, 0.25) is 0 Å². The number of aryl methyl sites for hydroxylation is 1. The van der Waals surface area contributed by atoms with E-state index in [4.69, 9.17) is 19.8 Å². The fourth-order valence-corrected chi connectivity index (χ4v) is 4.01. The number of aromatic nitrogens is 8. The van der Waals surface area contributed by atoms with Crippen LogP contribution in [-0.2, 0) is 13.0 Å². The molecule has 9 heteroatoms. The molecule has 0 saturated heterocycles. The van der Waals surface area contributed by atoms with Crippen LogP contribution in [0.25, 0.3) is 34.0 Å². The van der Waals surface area contributed by atoms with Crippen LogP contribution in [0.15, 0.2) is 66.9 Å². The van der Waals surface area contributed by atoms with Gasteiger partial charge in [0.2, 0.25) is 0 Å². The van der Waals surface area contributed by atoms with E-state index in [0.717, 1.165) is 64.6 Å². The number of nitrogens with zero attached hydrogens (tertiary/aromatic N) is 7. The van der Waals surface area contributed by atoms with Gasteiger partial charge in [-0.15, -0.1) is 5.10 Å². The van der Waals surface area contributed by atoms with E-state index in [1.165, 1.54) is 0 Å². The molecule has 0 fully saturated rings. The lowest BCUT2D eigenvalue weighted by atomic mass is 10.0. The quantitative estimate of drug-likeness (QED) is 0.339. The van der Waals surface area contributed by atoms with Crippen molar-refractivity contribution in [1.82, 2.24) is 40.4 Å². The molecule has 3 heterocycles. The third-order valence-corrected chi connectivity index (χ3v) is 5.78. The molecular weight excluding hydrogens is 440 g/mol. The summed E-state index contributed by atoms with van der Waals surface area (Å²) in [7, 11) is 1.67. The molecule has 0 spiro atoms. The summed E-state index contributed by atoms with van der Waals surface area (Å²) in [5.74, 6) is 3.01. The number of unbranched alkanes of at least 4 members (excludes halogenated alkanes) is 1. The Bertz CT molecular complexity index is 1390. The molecule has 9 nitrogen and oxygen atoms in total. The molecule has 0 saturated carbocycles. The monoisotopic (exact) mass is 466 g/mol. The normalized spacial score (nSPS) is 11.0. The van der Waals surface area contributed by atoms with Gasteiger partial charge in [-0.2, -0.15) is 5.10 Å². The number of tetrazole rings is 1. The summed E-state index contributed by atoms with van der Waals surface area (Å²) in [6.07, 6.45) is 4.86. The fraction of sp³-hybridized carbons (Fsp3) is 0.231. The first-order valence-electron chi connectivity index (χ1n) is 11.6. The van der Waals surface area contributed by atoms with Gasteiger partial charge in [-0.05, 0) is 40.6 Å². The largest absolute Gasteiger partial charge is 0.496 e. The Morgan fingerprint density at radius 2 is 1.74 bits per heavy atom. The topological polar surface area (TPSA) is 107 Å². The Morgan fingerprint density at radius 1 is 0.943 bits per heavy atom. The zero-order chi connectivity index (χ0) is 24.0. The predicted molar refractivity (Wildman–Crippen MR) is 133 cm³/mol. The van der Waals surface area contributed by atoms with Gasteiger partial charge >= 0.3 is 0 Å². The summed E-state index contributed by atoms with van der Waals surface area (Å²) in [6.45, 7) is 2.72. The van der Waals surface area contributed by atoms with Crippen molar-refractivity contribution in [1.29, 1.82) is 0 Å². The van der Waals surface area contributed by atoms with Crippen LogP contribution in [-0.4, -0.2) is 47.5 Å². The number of pyridine rings is 1. The minimum Gasteiger partial charge on any atom is -0.496 e. The zero-order valence-electron chi connectivity index (χ0n) is 19.7. The number of H-pyrrole nitrogens is 1. The number of aromatic amines is 1. The number of hydrogen-bond donors (Lipinski definition) is 1. The molecule has 35 heavy (non-hydrogen) atoms. The van der Waals surface area contributed by atoms with Gasteiger partial charge in [-0.3, -0.25) is 4.98 Å². The first-order chi connectivity index (χ1) is 17.3. The third-order valence-electron chi connectivity index (χ3n) is 5.78. The first kappa shape index (κ1) is 22.4. The summed E-state index contributed by atoms with van der Waals surface area (Å²) >= 11 is 0. The van der Waals surface area contributed by atoms with Crippen molar-refractivity contribution in [3.05, 3.63) is 78.2 Å². The van der Waals surface area contributed by atoms with E-state index < -0.39 is 0 Å². The maximum Gasteiger partial charge on any atom is 0.180 e. The van der Waals surface area contributed by atoms with E-state index >= 15 is 0 Å². The molecule has 0 unspecified atom stereocenters. The average molecular weight is 467 g/mol. The second-order valence-corrected chi connectivity index (χ2v) is 8.16. The Labute approximate surface area is 203 Å². The highest BCUT2D eigenvalue weighted by molar-refractivity contribution is 5.78. The number of rotatable bonds is 9. The van der Waals surface area contributed by atoms with Crippen LogP contribution in [0.4, 0.5) is 0 Å². The molecular formula is C26H26N8O. The van der Waals surface area contributed by atoms with Crippen molar-refractivity contribution in [3.63, 3.8) is 0 Å². The highest BCUT2D eigenvalue weighted by Gasteiger charge is 2.17. The van der Waals surface area contributed by atoms with E-state index in [1.54, 1.807) is 7.11 Å². The van der Waals surface area contributed by atoms with Crippen LogP contribution >= 0.6 is 0 Å². The van der Waals surface area contributed by atoms with E-state index in [-0.39, 0.29) is 0 Å². The molecule has 2 aromatic carbocycles. The zero-order valence-corrected chi connectivity index (χ0v) is 19.7. The summed E-state index contributed by atoms with van der Waals surface area (Å²) in [5, 5.41) is 19.1. The third kappa shape index (κ3) is 4.79. The molecule has 0 aliphatic carbocycles. The molecule has 0 aliphatic rings. The van der Waals surface area contributed by atoms with E-state index in [1.807, 2.05) is 65.5 Å². The predicted octanol–water partition coefficient (Wildman–Crippen LogP) is 4.59. The molecule has 5 rings (SSSR count). The minimum absolute atomic E-state index is 0.549. The van der Waals surface area contributed by atoms with Gasteiger partial charge in [-0.1, -0.05) is 55.8 Å². The van der Waals surface area contributed by atoms with Crippen molar-refractivity contribution in [2.45, 2.75) is 32.7 Å². The molecule has 5 aromatic rings. The van der Waals surface area contributed by atoms with Crippen LogP contribution in [0.5, 0.6) is 5.75 Å². The van der Waals surface area contributed by atoms with Crippen molar-refractivity contribution >= 4 is 0 Å². The molecule has 176 valence electrons. The van der Waals surface area contributed by atoms with E-state index in [2.05, 4.69) is 33.6 Å². The van der Waals surface area contributed by atoms with E-state index in [9.17, 15) is 0 Å². The molecule has 3 aromatic heterocycles. The Balaban J connectivity index is 1.46. The van der Waals surface area contributed by atoms with Gasteiger partial charge in [0.05, 0.1) is 24.9 Å². The standard InChI is InChI=1S/C26H26N8O/c1-3-4-13-24-28-26(21-11-7-8-12-23(21)35-2)34(31-24)17-18-14-15-22(27-16-18)19-9-5-6-10-20(19)25-29-32-33-30-25/h5-12,14-16H,3-4,13,17H2,1-2H3,(H,29,30,32,33). The van der Waals surface area contributed by atoms with Crippen molar-refractivity contribution in [3.8, 4) is 39.8 Å². The number of nitrogens with one attached hydrogen (secondary N) is 1. The average Bonchev–Trinajstić information content (AvgIpc) is 3.58. The second kappa shape index (κ2) is 10.3. The van der Waals surface area contributed by atoms with Gasteiger partial charge < -0.3 is 4.74 Å². The number of para-hydroxylation sites is 1. The maximum absolute atomic E-state index is 5.59. The van der Waals surface area contributed by atoms with Gasteiger partial charge in [0.25, 0.3) is 0 Å². The second-order valence-electron chi connectivity index (χ2n) is 8.16. The lowest BCUT2D eigenvalue weighted by Gasteiger charge is -2.10. The molecule has 0 radical (unpaired) electrons. The van der Waals surface area contributed by atoms with E-state index in [0.29, 0.717) is 12.4 Å². The maximum atomic E-state index is 5.59. The SMILES string of the molecule is CCCCc1nc(-c2ccccc2OC)n(Cc2ccc(-c3ccccc3-c3nnn[nH]3)nc2)n1. The Kier molecular flexibility index (Phi) is 6.56. The number of hydrogen-bond acceptors (Lipinski definition) is 7. The molecule has 0 atom stereocenters. The number of methoxy groups -OCH3 is 1. The van der Waals surface area contributed by atoms with Crippen molar-refractivity contribution in [2.75, 3.05) is 7.11 Å². The van der Waals surface area contributed by atoms with Crippen molar-refractivity contribution in [2.24, 2.45) is 0 Å². The first-order valence-corrected chi connectivity index (χ1v) is 11.6. The van der Waals surface area contributed by atoms with Gasteiger partial charge in [0.1, 0.15) is 5.75 Å². The highest BCUT2D eigenvalue weighted by Crippen LogP contribution is 2.30. The lowest BCUT2D eigenvalue weighted by molar-refractivity contribution is 0.416. The highest BCUT2D eigenvalue weighted by atomic mass is 16.5. The van der Waals surface area contributed by atoms with Gasteiger partial charge in [0.15, 0.2) is 17.5 Å². The summed E-state index contributed by atoms with van der Waals surface area (Å²) in [5.41, 5.74) is 4.64. The van der Waals surface area contributed by atoms with Gasteiger partial charge in [0, 0.05) is 23.7 Å². The molecule has 0 bridgehead atoms. The minimum atomic E-state index is 0.549. The summed E-state index contributed by atoms with van der Waals surface area (Å²) in [6, 6.07) is 19.9. The Hall–Kier alpha value is -4.40. The smallest absolute Gasteiger partial charge is 0.180 e. The summed E-state index contributed by atoms with van der Waals surface area (Å²) < 4.78 is 7.53. The van der Waals surface area contributed by atoms with Crippen LogP contribution in [0.1, 0.15) is 31.2 Å². The summed E-state index contributed by atoms with van der Waals surface area (Å²) in [4.78, 5) is 9.60. The molecule has 1 N–H and O–H groups in total. The molecule has 0 amide bonds. The van der Waals surface area contributed by atoms with Crippen LogP contribution in [0.3, 0.4) is 0 Å². The van der Waals surface area contributed by atoms with Crippen LogP contribution < -0.4 is 4.74 Å². The number of ether oxygens (including phenoxy) is 1. The fourth-order valence-electron chi connectivity index (χ4n) is 4.01. The molecule has 0 aliphatic heterocycles. The Morgan fingerprint density at radius 3 is 2.46 bits per heavy atom. The van der Waals surface area contributed by atoms with Crippen LogP contribution in [0, 0.1) is 0 Å².